The number of carbonyl (C=O) groups is 1. The largest absolute Gasteiger partial charge is 0.491 e. The Bertz CT molecular complexity index is 698. The first-order chi connectivity index (χ1) is 13.1. The van der Waals surface area contributed by atoms with E-state index in [1.165, 1.54) is 5.56 Å². The van der Waals surface area contributed by atoms with Crippen molar-refractivity contribution in [1.29, 1.82) is 0 Å². The summed E-state index contributed by atoms with van der Waals surface area (Å²) in [4.78, 5) is 14.2. The van der Waals surface area contributed by atoms with Crippen molar-refractivity contribution in [3.63, 3.8) is 0 Å². The zero-order valence-corrected chi connectivity index (χ0v) is 15.6. The van der Waals surface area contributed by atoms with Gasteiger partial charge < -0.3 is 15.2 Å². The molecule has 0 unspecified atom stereocenters. The van der Waals surface area contributed by atoms with Crippen molar-refractivity contribution in [2.75, 3.05) is 32.8 Å². The van der Waals surface area contributed by atoms with Crippen molar-refractivity contribution >= 4 is 5.91 Å². The average molecular weight is 368 g/mol. The fourth-order valence-corrected chi connectivity index (χ4v) is 3.26. The van der Waals surface area contributed by atoms with Crippen LogP contribution in [-0.4, -0.2) is 54.3 Å². The van der Waals surface area contributed by atoms with Crippen molar-refractivity contribution < 1.29 is 14.6 Å². The van der Waals surface area contributed by atoms with Crippen LogP contribution in [0.2, 0.25) is 0 Å². The van der Waals surface area contributed by atoms with Crippen molar-refractivity contribution in [2.24, 2.45) is 0 Å². The third kappa shape index (κ3) is 6.38. The zero-order valence-electron chi connectivity index (χ0n) is 15.6. The normalized spacial score (nSPS) is 16.6. The fraction of sp³-hybridized carbons (Fsp3) is 0.409. The average Bonchev–Trinajstić information content (AvgIpc) is 2.70. The van der Waals surface area contributed by atoms with Gasteiger partial charge in [0, 0.05) is 19.6 Å². The lowest BCUT2D eigenvalue weighted by Gasteiger charge is -2.37. The van der Waals surface area contributed by atoms with Crippen LogP contribution >= 0.6 is 0 Å². The number of hydrogen-bond acceptors (Lipinski definition) is 4. The Morgan fingerprint density at radius 3 is 2.33 bits per heavy atom. The monoisotopic (exact) mass is 368 g/mol. The molecule has 2 aromatic carbocycles. The molecule has 1 amide bonds. The molecule has 2 N–H and O–H groups in total. The van der Waals surface area contributed by atoms with E-state index in [9.17, 15) is 9.90 Å². The van der Waals surface area contributed by atoms with Gasteiger partial charge in [-0.3, -0.25) is 9.69 Å². The van der Waals surface area contributed by atoms with E-state index in [1.807, 2.05) is 48.5 Å². The number of para-hydroxylation sites is 1. The third-order valence-corrected chi connectivity index (χ3v) is 4.98. The highest BCUT2D eigenvalue weighted by Gasteiger charge is 2.33. The molecule has 144 valence electrons. The predicted octanol–water partition coefficient (Wildman–Crippen LogP) is 2.25. The highest BCUT2D eigenvalue weighted by atomic mass is 16.5. The Kier molecular flexibility index (Phi) is 6.85. The molecule has 0 spiro atoms. The predicted molar refractivity (Wildman–Crippen MR) is 106 cm³/mol. The first kappa shape index (κ1) is 19.4. The highest BCUT2D eigenvalue weighted by molar-refractivity contribution is 5.78. The summed E-state index contributed by atoms with van der Waals surface area (Å²) in [5.74, 6) is 0.808. The maximum absolute atomic E-state index is 12.1. The summed E-state index contributed by atoms with van der Waals surface area (Å²) in [5.41, 5.74) is 0.398. The number of aliphatic hydroxyl groups is 1. The number of hydrogen-bond donors (Lipinski definition) is 2. The van der Waals surface area contributed by atoms with Gasteiger partial charge in [-0.2, -0.15) is 0 Å². The van der Waals surface area contributed by atoms with E-state index in [0.29, 0.717) is 39.0 Å². The molecule has 3 rings (SSSR count). The number of amides is 1. The van der Waals surface area contributed by atoms with Crippen LogP contribution < -0.4 is 10.1 Å². The molecule has 1 aliphatic rings. The van der Waals surface area contributed by atoms with Crippen molar-refractivity contribution in [1.82, 2.24) is 10.2 Å². The van der Waals surface area contributed by atoms with Gasteiger partial charge in [-0.1, -0.05) is 48.5 Å². The molecular formula is C22H28N2O3. The van der Waals surface area contributed by atoms with Crippen LogP contribution in [0.5, 0.6) is 5.75 Å². The molecule has 1 aliphatic heterocycles. The maximum Gasteiger partial charge on any atom is 0.234 e. The molecule has 5 nitrogen and oxygen atoms in total. The molecular weight excluding hydrogens is 340 g/mol. The van der Waals surface area contributed by atoms with Gasteiger partial charge >= 0.3 is 0 Å². The van der Waals surface area contributed by atoms with Gasteiger partial charge in [-0.25, -0.2) is 0 Å². The number of piperidine rings is 1. The second-order valence-corrected chi connectivity index (χ2v) is 7.19. The van der Waals surface area contributed by atoms with E-state index in [0.717, 1.165) is 12.2 Å². The van der Waals surface area contributed by atoms with Crippen LogP contribution in [-0.2, 0) is 11.2 Å². The molecule has 0 bridgehead atoms. The molecule has 1 heterocycles. The molecule has 1 fully saturated rings. The first-order valence-corrected chi connectivity index (χ1v) is 9.56. The molecule has 0 aromatic heterocycles. The lowest BCUT2D eigenvalue weighted by molar-refractivity contribution is -0.123. The molecule has 0 saturated carbocycles. The van der Waals surface area contributed by atoms with Gasteiger partial charge in [-0.05, 0) is 37.0 Å². The summed E-state index contributed by atoms with van der Waals surface area (Å²) in [6.07, 6.45) is 2.05. The zero-order chi connectivity index (χ0) is 19.0. The summed E-state index contributed by atoms with van der Waals surface area (Å²) in [6.45, 7) is 2.70. The van der Waals surface area contributed by atoms with E-state index in [-0.39, 0.29) is 12.5 Å². The van der Waals surface area contributed by atoms with Gasteiger partial charge in [0.15, 0.2) is 0 Å². The molecule has 27 heavy (non-hydrogen) atoms. The van der Waals surface area contributed by atoms with Crippen molar-refractivity contribution in [2.45, 2.75) is 24.9 Å². The molecule has 0 radical (unpaired) electrons. The van der Waals surface area contributed by atoms with E-state index in [2.05, 4.69) is 22.3 Å². The van der Waals surface area contributed by atoms with Gasteiger partial charge in [0.25, 0.3) is 0 Å². The quantitative estimate of drug-likeness (QED) is 0.750. The summed E-state index contributed by atoms with van der Waals surface area (Å²) >= 11 is 0. The maximum atomic E-state index is 12.1. The van der Waals surface area contributed by atoms with Gasteiger partial charge in [-0.15, -0.1) is 0 Å². The molecule has 5 heteroatoms. The number of ether oxygens (including phenoxy) is 1. The molecule has 1 saturated heterocycles. The number of likely N-dealkylation sites (tertiary alicyclic amines) is 1. The Morgan fingerprint density at radius 2 is 1.67 bits per heavy atom. The van der Waals surface area contributed by atoms with Crippen LogP contribution in [0.1, 0.15) is 18.4 Å². The van der Waals surface area contributed by atoms with Crippen molar-refractivity contribution in [3.05, 3.63) is 66.2 Å². The van der Waals surface area contributed by atoms with Crippen LogP contribution in [0.3, 0.4) is 0 Å². The van der Waals surface area contributed by atoms with Gasteiger partial charge in [0.05, 0.1) is 6.54 Å². The van der Waals surface area contributed by atoms with Gasteiger partial charge in [0.1, 0.15) is 18.0 Å². The minimum atomic E-state index is -0.823. The van der Waals surface area contributed by atoms with E-state index in [1.54, 1.807) is 0 Å². The number of carbonyl (C=O) groups excluding carboxylic acids is 1. The van der Waals surface area contributed by atoms with Crippen molar-refractivity contribution in [3.8, 4) is 5.75 Å². The minimum absolute atomic E-state index is 0.0388. The summed E-state index contributed by atoms with van der Waals surface area (Å²) in [6, 6.07) is 19.7. The third-order valence-electron chi connectivity index (χ3n) is 4.98. The van der Waals surface area contributed by atoms with Crippen LogP contribution in [0.15, 0.2) is 60.7 Å². The minimum Gasteiger partial charge on any atom is -0.491 e. The summed E-state index contributed by atoms with van der Waals surface area (Å²) in [5, 5.41) is 13.7. The second kappa shape index (κ2) is 9.53. The lowest BCUT2D eigenvalue weighted by Crippen LogP contribution is -2.50. The number of nitrogens with zero attached hydrogens (tertiary/aromatic N) is 1. The standard InChI is InChI=1S/C22H28N2O3/c25-21(23-14-11-19-7-3-1-4-8-19)17-24-15-12-22(26,13-16-24)18-27-20-9-5-2-6-10-20/h1-10,26H,11-18H2,(H,23,25). The lowest BCUT2D eigenvalue weighted by atomic mass is 9.92. The molecule has 2 aromatic rings. The topological polar surface area (TPSA) is 61.8 Å². The van der Waals surface area contributed by atoms with Gasteiger partial charge in [0.2, 0.25) is 5.91 Å². The molecule has 0 atom stereocenters. The van der Waals surface area contributed by atoms with Crippen LogP contribution in [0, 0.1) is 0 Å². The first-order valence-electron chi connectivity index (χ1n) is 9.56. The summed E-state index contributed by atoms with van der Waals surface area (Å²) < 4.78 is 5.71. The molecule has 0 aliphatic carbocycles. The highest BCUT2D eigenvalue weighted by Crippen LogP contribution is 2.23. The van der Waals surface area contributed by atoms with E-state index >= 15 is 0 Å². The van der Waals surface area contributed by atoms with E-state index in [4.69, 9.17) is 4.74 Å². The fourth-order valence-electron chi connectivity index (χ4n) is 3.26. The van der Waals surface area contributed by atoms with E-state index < -0.39 is 5.60 Å². The smallest absolute Gasteiger partial charge is 0.234 e. The Morgan fingerprint density at radius 1 is 1.04 bits per heavy atom. The Hall–Kier alpha value is -2.37. The SMILES string of the molecule is O=C(CN1CCC(O)(COc2ccccc2)CC1)NCCc1ccccc1. The summed E-state index contributed by atoms with van der Waals surface area (Å²) in [7, 11) is 0. The van der Waals surface area contributed by atoms with Crippen LogP contribution in [0.4, 0.5) is 0 Å². The van der Waals surface area contributed by atoms with Crippen LogP contribution in [0.25, 0.3) is 0 Å². The Balaban J connectivity index is 1.34. The number of nitrogens with one attached hydrogen (secondary N) is 1. The Labute approximate surface area is 161 Å². The second-order valence-electron chi connectivity index (χ2n) is 7.19. The number of rotatable bonds is 8. The number of benzene rings is 2.